The molecule has 0 aromatic heterocycles. The summed E-state index contributed by atoms with van der Waals surface area (Å²) in [5.74, 6) is 0.877. The Bertz CT molecular complexity index is 1050. The molecule has 0 fully saturated rings. The Labute approximate surface area is 134 Å². The zero-order valence-electron chi connectivity index (χ0n) is 13.3. The van der Waals surface area contributed by atoms with Crippen molar-refractivity contribution in [3.8, 4) is 5.75 Å². The summed E-state index contributed by atoms with van der Waals surface area (Å²) in [6.45, 7) is 2.19. The monoisotopic (exact) mass is 302 g/mol. The van der Waals surface area contributed by atoms with E-state index in [1.54, 1.807) is 7.11 Å². The van der Waals surface area contributed by atoms with Crippen LogP contribution in [-0.2, 0) is 6.61 Å². The molecule has 4 rings (SSSR count). The lowest BCUT2D eigenvalue weighted by atomic mass is 9.89. The number of benzene rings is 4. The minimum atomic E-state index is 0.0345. The van der Waals surface area contributed by atoms with Gasteiger partial charge in [0.05, 0.1) is 13.7 Å². The number of hydrogen-bond donors (Lipinski definition) is 1. The normalized spacial score (nSPS) is 11.4. The first kappa shape index (κ1) is 14.0. The second kappa shape index (κ2) is 5.25. The van der Waals surface area contributed by atoms with Crippen molar-refractivity contribution in [2.24, 2.45) is 0 Å². The van der Waals surface area contributed by atoms with Crippen LogP contribution < -0.4 is 4.74 Å². The zero-order valence-corrected chi connectivity index (χ0v) is 13.3. The van der Waals surface area contributed by atoms with E-state index >= 15 is 0 Å². The number of rotatable bonds is 2. The topological polar surface area (TPSA) is 29.5 Å². The summed E-state index contributed by atoms with van der Waals surface area (Å²) in [6.07, 6.45) is 0. The van der Waals surface area contributed by atoms with Gasteiger partial charge in [-0.2, -0.15) is 0 Å². The van der Waals surface area contributed by atoms with Gasteiger partial charge in [-0.05, 0) is 51.0 Å². The van der Waals surface area contributed by atoms with Crippen LogP contribution in [0, 0.1) is 6.92 Å². The van der Waals surface area contributed by atoms with E-state index < -0.39 is 0 Å². The van der Waals surface area contributed by atoms with Gasteiger partial charge >= 0.3 is 0 Å². The lowest BCUT2D eigenvalue weighted by molar-refractivity contribution is 0.285. The van der Waals surface area contributed by atoms with Crippen LogP contribution in [-0.4, -0.2) is 12.2 Å². The van der Waals surface area contributed by atoms with Crippen LogP contribution in [0.25, 0.3) is 32.3 Å². The van der Waals surface area contributed by atoms with Crippen molar-refractivity contribution in [3.05, 3.63) is 65.7 Å². The first-order valence-electron chi connectivity index (χ1n) is 7.76. The van der Waals surface area contributed by atoms with Crippen LogP contribution in [0.4, 0.5) is 0 Å². The summed E-state index contributed by atoms with van der Waals surface area (Å²) in [4.78, 5) is 0. The van der Waals surface area contributed by atoms with E-state index in [0.717, 1.165) is 27.5 Å². The molecule has 0 spiro atoms. The van der Waals surface area contributed by atoms with Crippen LogP contribution in [0.2, 0.25) is 0 Å². The molecule has 0 aliphatic rings. The largest absolute Gasteiger partial charge is 0.496 e. The van der Waals surface area contributed by atoms with Crippen molar-refractivity contribution in [2.45, 2.75) is 13.5 Å². The zero-order chi connectivity index (χ0) is 16.0. The van der Waals surface area contributed by atoms with E-state index in [-0.39, 0.29) is 6.61 Å². The molecule has 0 bridgehead atoms. The number of methoxy groups -OCH3 is 1. The van der Waals surface area contributed by atoms with Gasteiger partial charge in [-0.3, -0.25) is 0 Å². The third-order valence-electron chi connectivity index (χ3n) is 4.76. The number of aliphatic hydroxyl groups is 1. The fraction of sp³-hybridized carbons (Fsp3) is 0.143. The Morgan fingerprint density at radius 2 is 1.48 bits per heavy atom. The summed E-state index contributed by atoms with van der Waals surface area (Å²) in [7, 11) is 1.70. The number of ether oxygens (including phenoxy) is 1. The minimum absolute atomic E-state index is 0.0345. The molecule has 114 valence electrons. The van der Waals surface area contributed by atoms with Gasteiger partial charge in [-0.1, -0.05) is 48.5 Å². The molecule has 0 aliphatic heterocycles. The van der Waals surface area contributed by atoms with E-state index in [1.165, 1.54) is 21.7 Å². The van der Waals surface area contributed by atoms with Gasteiger partial charge in [0, 0.05) is 5.39 Å². The highest BCUT2D eigenvalue weighted by atomic mass is 16.5. The van der Waals surface area contributed by atoms with Crippen LogP contribution in [0.5, 0.6) is 5.75 Å². The first-order chi connectivity index (χ1) is 11.3. The second-order valence-corrected chi connectivity index (χ2v) is 5.85. The lowest BCUT2D eigenvalue weighted by Crippen LogP contribution is -1.94. The third-order valence-corrected chi connectivity index (χ3v) is 4.76. The van der Waals surface area contributed by atoms with Crippen molar-refractivity contribution in [3.63, 3.8) is 0 Å². The maximum Gasteiger partial charge on any atom is 0.126 e. The molecule has 0 aliphatic carbocycles. The molecule has 1 N–H and O–H groups in total. The highest BCUT2D eigenvalue weighted by Gasteiger charge is 2.14. The van der Waals surface area contributed by atoms with Crippen LogP contribution >= 0.6 is 0 Å². The Hall–Kier alpha value is -2.58. The highest BCUT2D eigenvalue weighted by Crippen LogP contribution is 2.38. The SMILES string of the molecule is COc1cccc2c1ccc1c(CO)c3ccccc3c(C)c12. The summed E-state index contributed by atoms with van der Waals surface area (Å²) in [5.41, 5.74) is 2.23. The molecule has 0 saturated heterocycles. The third kappa shape index (κ3) is 1.92. The van der Waals surface area contributed by atoms with E-state index in [1.807, 2.05) is 24.3 Å². The van der Waals surface area contributed by atoms with Gasteiger partial charge < -0.3 is 9.84 Å². The van der Waals surface area contributed by atoms with E-state index in [2.05, 4.69) is 37.3 Å². The van der Waals surface area contributed by atoms with Crippen molar-refractivity contribution < 1.29 is 9.84 Å². The van der Waals surface area contributed by atoms with Crippen LogP contribution in [0.15, 0.2) is 54.6 Å². The van der Waals surface area contributed by atoms with Gasteiger partial charge in [0.25, 0.3) is 0 Å². The second-order valence-electron chi connectivity index (χ2n) is 5.85. The maximum absolute atomic E-state index is 9.97. The van der Waals surface area contributed by atoms with Crippen molar-refractivity contribution in [2.75, 3.05) is 7.11 Å². The predicted molar refractivity (Wildman–Crippen MR) is 96.2 cm³/mol. The molecular formula is C21H18O2. The predicted octanol–water partition coefficient (Wildman–Crippen LogP) is 4.96. The number of aliphatic hydroxyl groups excluding tert-OH is 1. The molecule has 0 radical (unpaired) electrons. The highest BCUT2D eigenvalue weighted by molar-refractivity contribution is 6.17. The average Bonchev–Trinajstić information content (AvgIpc) is 2.61. The number of hydrogen-bond acceptors (Lipinski definition) is 2. The molecule has 0 amide bonds. The lowest BCUT2D eigenvalue weighted by Gasteiger charge is -2.16. The van der Waals surface area contributed by atoms with E-state index in [9.17, 15) is 5.11 Å². The molecular weight excluding hydrogens is 284 g/mol. The summed E-state index contributed by atoms with van der Waals surface area (Å²) < 4.78 is 5.51. The quantitative estimate of drug-likeness (QED) is 0.419. The molecule has 0 unspecified atom stereocenters. The van der Waals surface area contributed by atoms with Crippen LogP contribution in [0.3, 0.4) is 0 Å². The molecule has 0 atom stereocenters. The van der Waals surface area contributed by atoms with Crippen molar-refractivity contribution in [1.82, 2.24) is 0 Å². The Morgan fingerprint density at radius 3 is 2.22 bits per heavy atom. The van der Waals surface area contributed by atoms with Gasteiger partial charge in [-0.25, -0.2) is 0 Å². The fourth-order valence-electron chi connectivity index (χ4n) is 3.69. The van der Waals surface area contributed by atoms with Gasteiger partial charge in [0.1, 0.15) is 5.75 Å². The van der Waals surface area contributed by atoms with E-state index in [0.29, 0.717) is 0 Å². The Kier molecular flexibility index (Phi) is 3.21. The van der Waals surface area contributed by atoms with E-state index in [4.69, 9.17) is 4.74 Å². The first-order valence-corrected chi connectivity index (χ1v) is 7.76. The summed E-state index contributed by atoms with van der Waals surface area (Å²) in [5, 5.41) is 16.9. The van der Waals surface area contributed by atoms with Gasteiger partial charge in [0.15, 0.2) is 0 Å². The Balaban J connectivity index is 2.32. The van der Waals surface area contributed by atoms with Gasteiger partial charge in [-0.15, -0.1) is 0 Å². The molecule has 23 heavy (non-hydrogen) atoms. The average molecular weight is 302 g/mol. The Morgan fingerprint density at radius 1 is 0.783 bits per heavy atom. The number of fused-ring (bicyclic) bond motifs is 4. The molecule has 2 nitrogen and oxygen atoms in total. The van der Waals surface area contributed by atoms with Crippen molar-refractivity contribution >= 4 is 32.3 Å². The minimum Gasteiger partial charge on any atom is -0.496 e. The summed E-state index contributed by atoms with van der Waals surface area (Å²) in [6, 6.07) is 18.6. The van der Waals surface area contributed by atoms with Crippen LogP contribution in [0.1, 0.15) is 11.1 Å². The van der Waals surface area contributed by atoms with Crippen molar-refractivity contribution in [1.29, 1.82) is 0 Å². The fourth-order valence-corrected chi connectivity index (χ4v) is 3.69. The number of aryl methyl sites for hydroxylation is 1. The molecule has 4 aromatic rings. The standard InChI is InChI=1S/C21H18O2/c1-13-14-6-3-4-7-15(14)19(12-22)18-11-10-16-17(21(13)18)8-5-9-20(16)23-2/h3-11,22H,12H2,1-2H3. The maximum atomic E-state index is 9.97. The molecule has 4 aromatic carbocycles. The molecule has 0 heterocycles. The molecule has 0 saturated carbocycles. The summed E-state index contributed by atoms with van der Waals surface area (Å²) >= 11 is 0. The van der Waals surface area contributed by atoms with Gasteiger partial charge in [0.2, 0.25) is 0 Å². The smallest absolute Gasteiger partial charge is 0.126 e. The molecule has 2 heteroatoms.